The third kappa shape index (κ3) is 2.38. The summed E-state index contributed by atoms with van der Waals surface area (Å²) in [4.78, 5) is 14.3. The normalized spacial score (nSPS) is 24.1. The van der Waals surface area contributed by atoms with Crippen LogP contribution in [0.15, 0.2) is 0 Å². The van der Waals surface area contributed by atoms with Gasteiger partial charge in [-0.2, -0.15) is 0 Å². The van der Waals surface area contributed by atoms with Gasteiger partial charge in [-0.05, 0) is 31.6 Å². The van der Waals surface area contributed by atoms with Gasteiger partial charge in [0.1, 0.15) is 0 Å². The van der Waals surface area contributed by atoms with E-state index in [0.717, 1.165) is 25.3 Å². The molecular weight excluding hydrogens is 204 g/mol. The van der Waals surface area contributed by atoms with Gasteiger partial charge >= 0.3 is 0 Å². The number of carbonyl (C=O) groups is 1. The molecule has 2 rings (SSSR count). The minimum Gasteiger partial charge on any atom is -0.381 e. The highest BCUT2D eigenvalue weighted by Gasteiger charge is 2.41. The van der Waals surface area contributed by atoms with E-state index in [1.807, 2.05) is 11.9 Å². The number of hydrogen-bond donors (Lipinski definition) is 1. The quantitative estimate of drug-likeness (QED) is 0.764. The van der Waals surface area contributed by atoms with Gasteiger partial charge in [0.05, 0.1) is 5.41 Å². The van der Waals surface area contributed by atoms with E-state index in [1.165, 1.54) is 12.8 Å². The highest BCUT2D eigenvalue weighted by atomic mass is 16.5. The molecule has 0 aromatic heterocycles. The Morgan fingerprint density at radius 2 is 2.06 bits per heavy atom. The van der Waals surface area contributed by atoms with Crippen molar-refractivity contribution < 1.29 is 9.53 Å². The Morgan fingerprint density at radius 1 is 1.44 bits per heavy atom. The molecule has 0 atom stereocenters. The van der Waals surface area contributed by atoms with Gasteiger partial charge in [-0.1, -0.05) is 0 Å². The second-order valence-electron chi connectivity index (χ2n) is 5.23. The summed E-state index contributed by atoms with van der Waals surface area (Å²) in [7, 11) is 1.91. The van der Waals surface area contributed by atoms with Crippen molar-refractivity contribution in [1.29, 1.82) is 0 Å². The van der Waals surface area contributed by atoms with Crippen molar-refractivity contribution in [2.24, 2.45) is 17.1 Å². The van der Waals surface area contributed by atoms with Gasteiger partial charge in [0, 0.05) is 33.4 Å². The molecule has 16 heavy (non-hydrogen) atoms. The molecule has 2 fully saturated rings. The number of amides is 1. The lowest BCUT2D eigenvalue weighted by Gasteiger charge is -2.37. The Labute approximate surface area is 97.1 Å². The Balaban J connectivity index is 1.97. The molecule has 0 unspecified atom stereocenters. The monoisotopic (exact) mass is 226 g/mol. The molecule has 2 aliphatic rings. The summed E-state index contributed by atoms with van der Waals surface area (Å²) >= 11 is 0. The Kier molecular flexibility index (Phi) is 3.50. The number of nitrogens with zero attached hydrogens (tertiary/aromatic N) is 1. The molecule has 0 aromatic carbocycles. The SMILES string of the molecule is CN(CC1CC1)C(=O)C1(CN)CCOCC1. The van der Waals surface area contributed by atoms with Crippen LogP contribution >= 0.6 is 0 Å². The molecule has 1 aliphatic heterocycles. The molecule has 4 nitrogen and oxygen atoms in total. The first-order valence-corrected chi connectivity index (χ1v) is 6.21. The number of rotatable bonds is 4. The lowest BCUT2D eigenvalue weighted by atomic mass is 9.79. The van der Waals surface area contributed by atoms with Gasteiger partial charge in [-0.25, -0.2) is 0 Å². The van der Waals surface area contributed by atoms with Crippen LogP contribution in [0.5, 0.6) is 0 Å². The second kappa shape index (κ2) is 4.72. The topological polar surface area (TPSA) is 55.6 Å². The largest absolute Gasteiger partial charge is 0.381 e. The molecule has 0 radical (unpaired) electrons. The van der Waals surface area contributed by atoms with E-state index in [9.17, 15) is 4.79 Å². The van der Waals surface area contributed by atoms with Gasteiger partial charge in [-0.3, -0.25) is 4.79 Å². The molecular formula is C12H22N2O2. The summed E-state index contributed by atoms with van der Waals surface area (Å²) in [6.07, 6.45) is 4.10. The molecule has 4 heteroatoms. The van der Waals surface area contributed by atoms with E-state index in [2.05, 4.69) is 0 Å². The minimum atomic E-state index is -0.345. The third-order valence-electron chi connectivity index (χ3n) is 3.87. The van der Waals surface area contributed by atoms with Crippen molar-refractivity contribution in [3.05, 3.63) is 0 Å². The van der Waals surface area contributed by atoms with Gasteiger partial charge in [0.15, 0.2) is 0 Å². The summed E-state index contributed by atoms with van der Waals surface area (Å²) in [5.41, 5.74) is 5.47. The Bertz CT molecular complexity index is 258. The maximum atomic E-state index is 12.4. The Morgan fingerprint density at radius 3 is 2.56 bits per heavy atom. The second-order valence-corrected chi connectivity index (χ2v) is 5.23. The van der Waals surface area contributed by atoms with Gasteiger partial charge < -0.3 is 15.4 Å². The van der Waals surface area contributed by atoms with E-state index < -0.39 is 0 Å². The molecule has 1 amide bonds. The zero-order chi connectivity index (χ0) is 11.6. The van der Waals surface area contributed by atoms with Crippen LogP contribution in [0.2, 0.25) is 0 Å². The smallest absolute Gasteiger partial charge is 0.229 e. The molecule has 1 saturated carbocycles. The van der Waals surface area contributed by atoms with Gasteiger partial charge in [0.2, 0.25) is 5.91 Å². The highest BCUT2D eigenvalue weighted by Crippen LogP contribution is 2.34. The van der Waals surface area contributed by atoms with Crippen LogP contribution in [0.1, 0.15) is 25.7 Å². The van der Waals surface area contributed by atoms with Crippen LogP contribution in [-0.4, -0.2) is 44.2 Å². The van der Waals surface area contributed by atoms with Crippen LogP contribution in [0.25, 0.3) is 0 Å². The first-order chi connectivity index (χ1) is 7.68. The van der Waals surface area contributed by atoms with Crippen molar-refractivity contribution in [3.8, 4) is 0 Å². The summed E-state index contributed by atoms with van der Waals surface area (Å²) in [6.45, 7) is 2.69. The first-order valence-electron chi connectivity index (χ1n) is 6.21. The first kappa shape index (κ1) is 11.9. The molecule has 92 valence electrons. The molecule has 0 aromatic rings. The summed E-state index contributed by atoms with van der Waals surface area (Å²) in [5, 5.41) is 0. The van der Waals surface area contributed by atoms with Crippen molar-refractivity contribution >= 4 is 5.91 Å². The number of nitrogens with two attached hydrogens (primary N) is 1. The highest BCUT2D eigenvalue weighted by molar-refractivity contribution is 5.83. The molecule has 2 N–H and O–H groups in total. The fourth-order valence-corrected chi connectivity index (χ4v) is 2.44. The van der Waals surface area contributed by atoms with Crippen molar-refractivity contribution in [2.75, 3.05) is 33.4 Å². The molecule has 1 heterocycles. The van der Waals surface area contributed by atoms with Crippen molar-refractivity contribution in [2.45, 2.75) is 25.7 Å². The predicted octanol–water partition coefficient (Wildman–Crippen LogP) is 0.610. The van der Waals surface area contributed by atoms with Crippen LogP contribution in [0, 0.1) is 11.3 Å². The van der Waals surface area contributed by atoms with E-state index in [1.54, 1.807) is 0 Å². The molecule has 1 aliphatic carbocycles. The third-order valence-corrected chi connectivity index (χ3v) is 3.87. The van der Waals surface area contributed by atoms with Crippen molar-refractivity contribution in [3.63, 3.8) is 0 Å². The summed E-state index contributed by atoms with van der Waals surface area (Å²) in [6, 6.07) is 0. The van der Waals surface area contributed by atoms with Crippen molar-refractivity contribution in [1.82, 2.24) is 4.90 Å². The standard InChI is InChI=1S/C12H22N2O2/c1-14(8-10-2-3-10)11(15)12(9-13)4-6-16-7-5-12/h10H,2-9,13H2,1H3. The Hall–Kier alpha value is -0.610. The zero-order valence-corrected chi connectivity index (χ0v) is 10.1. The lowest BCUT2D eigenvalue weighted by molar-refractivity contribution is -0.146. The average Bonchev–Trinajstić information content (AvgIpc) is 3.12. The molecule has 1 saturated heterocycles. The molecule has 0 spiro atoms. The molecule has 0 bridgehead atoms. The van der Waals surface area contributed by atoms with E-state index in [-0.39, 0.29) is 11.3 Å². The van der Waals surface area contributed by atoms with Crippen LogP contribution in [-0.2, 0) is 9.53 Å². The fourth-order valence-electron chi connectivity index (χ4n) is 2.44. The lowest BCUT2D eigenvalue weighted by Crippen LogP contribution is -2.50. The summed E-state index contributed by atoms with van der Waals surface area (Å²) < 4.78 is 5.32. The van der Waals surface area contributed by atoms with Gasteiger partial charge in [0.25, 0.3) is 0 Å². The average molecular weight is 226 g/mol. The minimum absolute atomic E-state index is 0.227. The van der Waals surface area contributed by atoms with E-state index in [4.69, 9.17) is 10.5 Å². The van der Waals surface area contributed by atoms with Crippen LogP contribution in [0.3, 0.4) is 0 Å². The maximum absolute atomic E-state index is 12.4. The predicted molar refractivity (Wildman–Crippen MR) is 61.9 cm³/mol. The maximum Gasteiger partial charge on any atom is 0.229 e. The number of ether oxygens (including phenoxy) is 1. The number of carbonyl (C=O) groups excluding carboxylic acids is 1. The fraction of sp³-hybridized carbons (Fsp3) is 0.917. The zero-order valence-electron chi connectivity index (χ0n) is 10.1. The van der Waals surface area contributed by atoms with E-state index >= 15 is 0 Å². The van der Waals surface area contributed by atoms with Crippen LogP contribution < -0.4 is 5.73 Å². The number of hydrogen-bond acceptors (Lipinski definition) is 3. The summed E-state index contributed by atoms with van der Waals surface area (Å²) in [5.74, 6) is 0.966. The van der Waals surface area contributed by atoms with Gasteiger partial charge in [-0.15, -0.1) is 0 Å². The van der Waals surface area contributed by atoms with Crippen LogP contribution in [0.4, 0.5) is 0 Å². The van der Waals surface area contributed by atoms with E-state index in [0.29, 0.717) is 19.8 Å².